The molecule has 3 heteroatoms. The molecule has 2 rings (SSSR count). The second-order valence-corrected chi connectivity index (χ2v) is 6.53. The molecule has 0 aromatic rings. The molecule has 0 aromatic heterocycles. The molecular formula is C15H27NO2. The third kappa shape index (κ3) is 3.71. The fraction of sp³-hybridized carbons (Fsp3) is 0.933. The van der Waals surface area contributed by atoms with Crippen molar-refractivity contribution in [3.05, 3.63) is 0 Å². The average Bonchev–Trinajstić information content (AvgIpc) is 2.82. The Balaban J connectivity index is 1.76. The van der Waals surface area contributed by atoms with Crippen LogP contribution in [0.15, 0.2) is 0 Å². The molecule has 0 spiro atoms. The maximum atomic E-state index is 12.1. The zero-order valence-electron chi connectivity index (χ0n) is 11.8. The zero-order chi connectivity index (χ0) is 13.0. The van der Waals surface area contributed by atoms with E-state index in [1.54, 1.807) is 0 Å². The summed E-state index contributed by atoms with van der Waals surface area (Å²) >= 11 is 0. The van der Waals surface area contributed by atoms with E-state index in [9.17, 15) is 4.79 Å². The number of hydrogen-bond donors (Lipinski definition) is 1. The van der Waals surface area contributed by atoms with Crippen molar-refractivity contribution >= 4 is 5.91 Å². The Morgan fingerprint density at radius 2 is 2.11 bits per heavy atom. The molecule has 1 saturated heterocycles. The lowest BCUT2D eigenvalue weighted by atomic mass is 9.73. The van der Waals surface area contributed by atoms with Crippen molar-refractivity contribution in [2.45, 2.75) is 64.8 Å². The highest BCUT2D eigenvalue weighted by molar-refractivity contribution is 5.77. The maximum absolute atomic E-state index is 12.1. The van der Waals surface area contributed by atoms with Gasteiger partial charge in [0.15, 0.2) is 0 Å². The fourth-order valence-electron chi connectivity index (χ4n) is 3.34. The molecule has 0 aromatic carbocycles. The summed E-state index contributed by atoms with van der Waals surface area (Å²) < 4.78 is 5.38. The van der Waals surface area contributed by atoms with Crippen LogP contribution in [0.5, 0.6) is 0 Å². The highest BCUT2D eigenvalue weighted by Crippen LogP contribution is 2.38. The van der Waals surface area contributed by atoms with Crippen molar-refractivity contribution in [2.75, 3.05) is 13.2 Å². The van der Waals surface area contributed by atoms with E-state index in [-0.39, 0.29) is 17.4 Å². The van der Waals surface area contributed by atoms with Gasteiger partial charge in [-0.15, -0.1) is 0 Å². The Hall–Kier alpha value is -0.570. The largest absolute Gasteiger partial charge is 0.381 e. The van der Waals surface area contributed by atoms with Crippen LogP contribution < -0.4 is 5.32 Å². The Morgan fingerprint density at radius 1 is 1.39 bits per heavy atom. The molecule has 0 bridgehead atoms. The van der Waals surface area contributed by atoms with Crippen molar-refractivity contribution in [1.82, 2.24) is 5.32 Å². The number of carbonyl (C=O) groups is 1. The van der Waals surface area contributed by atoms with Gasteiger partial charge in [0.2, 0.25) is 5.91 Å². The number of carbonyl (C=O) groups excluding carboxylic acids is 1. The van der Waals surface area contributed by atoms with Crippen LogP contribution in [-0.4, -0.2) is 25.2 Å². The molecule has 2 atom stereocenters. The van der Waals surface area contributed by atoms with E-state index in [0.29, 0.717) is 12.3 Å². The first-order valence-electron chi connectivity index (χ1n) is 7.46. The molecule has 18 heavy (non-hydrogen) atoms. The van der Waals surface area contributed by atoms with Crippen LogP contribution in [0.25, 0.3) is 0 Å². The van der Waals surface area contributed by atoms with E-state index in [1.165, 1.54) is 32.1 Å². The lowest BCUT2D eigenvalue weighted by Crippen LogP contribution is -2.40. The Labute approximate surface area is 111 Å². The molecule has 2 fully saturated rings. The number of rotatable bonds is 4. The molecule has 1 heterocycles. The molecule has 2 aliphatic rings. The van der Waals surface area contributed by atoms with E-state index >= 15 is 0 Å². The molecule has 3 nitrogen and oxygen atoms in total. The van der Waals surface area contributed by atoms with Crippen LogP contribution in [0.1, 0.15) is 58.8 Å². The van der Waals surface area contributed by atoms with Crippen molar-refractivity contribution in [2.24, 2.45) is 11.3 Å². The smallest absolute Gasteiger partial charge is 0.220 e. The van der Waals surface area contributed by atoms with Gasteiger partial charge in [0, 0.05) is 25.0 Å². The van der Waals surface area contributed by atoms with E-state index in [0.717, 1.165) is 19.6 Å². The summed E-state index contributed by atoms with van der Waals surface area (Å²) in [5.74, 6) is 0.743. The Morgan fingerprint density at radius 3 is 2.72 bits per heavy atom. The third-order valence-corrected chi connectivity index (χ3v) is 4.71. The van der Waals surface area contributed by atoms with Gasteiger partial charge in [-0.2, -0.15) is 0 Å². The van der Waals surface area contributed by atoms with E-state index in [2.05, 4.69) is 19.2 Å². The second kappa shape index (κ2) is 6.05. The predicted octanol–water partition coefficient (Wildman–Crippen LogP) is 2.89. The molecule has 104 valence electrons. The number of hydrogen-bond acceptors (Lipinski definition) is 2. The van der Waals surface area contributed by atoms with E-state index in [1.807, 2.05) is 0 Å². The van der Waals surface area contributed by atoms with Crippen LogP contribution in [0.3, 0.4) is 0 Å². The summed E-state index contributed by atoms with van der Waals surface area (Å²) in [5.41, 5.74) is 0.244. The standard InChI is InChI=1S/C15H27NO2/c1-12(13-6-9-18-11-13)16-14(17)10-15(2)7-4-3-5-8-15/h12-13H,3-11H2,1-2H3,(H,16,17)/t12-,13-/m0/s1. The summed E-state index contributed by atoms with van der Waals surface area (Å²) in [6.45, 7) is 6.04. The van der Waals surface area contributed by atoms with Crippen molar-refractivity contribution in [1.29, 1.82) is 0 Å². The van der Waals surface area contributed by atoms with E-state index < -0.39 is 0 Å². The topological polar surface area (TPSA) is 38.3 Å². The normalized spacial score (nSPS) is 28.9. The highest BCUT2D eigenvalue weighted by atomic mass is 16.5. The fourth-order valence-corrected chi connectivity index (χ4v) is 3.34. The van der Waals surface area contributed by atoms with Gasteiger partial charge in [-0.05, 0) is 31.6 Å². The van der Waals surface area contributed by atoms with Crippen LogP contribution in [0.2, 0.25) is 0 Å². The molecule has 0 radical (unpaired) electrons. The van der Waals surface area contributed by atoms with Crippen molar-refractivity contribution in [3.8, 4) is 0 Å². The first kappa shape index (κ1) is 13.9. The molecular weight excluding hydrogens is 226 g/mol. The summed E-state index contributed by atoms with van der Waals surface area (Å²) in [5, 5.41) is 3.18. The zero-order valence-corrected chi connectivity index (χ0v) is 11.8. The summed E-state index contributed by atoms with van der Waals surface area (Å²) in [6.07, 6.45) is 8.12. The van der Waals surface area contributed by atoms with Gasteiger partial charge in [-0.1, -0.05) is 26.2 Å². The van der Waals surface area contributed by atoms with Gasteiger partial charge in [0.1, 0.15) is 0 Å². The second-order valence-electron chi connectivity index (χ2n) is 6.53. The van der Waals surface area contributed by atoms with E-state index in [4.69, 9.17) is 4.74 Å². The highest BCUT2D eigenvalue weighted by Gasteiger charge is 2.31. The van der Waals surface area contributed by atoms with Crippen molar-refractivity contribution in [3.63, 3.8) is 0 Å². The average molecular weight is 253 g/mol. The maximum Gasteiger partial charge on any atom is 0.220 e. The van der Waals surface area contributed by atoms with Crippen LogP contribution in [0.4, 0.5) is 0 Å². The summed E-state index contributed by atoms with van der Waals surface area (Å²) in [4.78, 5) is 12.1. The lowest BCUT2D eigenvalue weighted by Gasteiger charge is -2.33. The minimum Gasteiger partial charge on any atom is -0.381 e. The van der Waals surface area contributed by atoms with Gasteiger partial charge >= 0.3 is 0 Å². The number of nitrogens with one attached hydrogen (secondary N) is 1. The lowest BCUT2D eigenvalue weighted by molar-refractivity contribution is -0.124. The van der Waals surface area contributed by atoms with Gasteiger partial charge in [0.25, 0.3) is 0 Å². The molecule has 1 aliphatic heterocycles. The quantitative estimate of drug-likeness (QED) is 0.836. The molecule has 1 N–H and O–H groups in total. The van der Waals surface area contributed by atoms with Crippen LogP contribution >= 0.6 is 0 Å². The molecule has 1 saturated carbocycles. The molecule has 0 unspecified atom stereocenters. The predicted molar refractivity (Wildman–Crippen MR) is 72.3 cm³/mol. The van der Waals surface area contributed by atoms with Gasteiger partial charge in [0.05, 0.1) is 6.61 Å². The SMILES string of the molecule is C[C@H](NC(=O)CC1(C)CCCCC1)[C@H]1CCOC1. The summed E-state index contributed by atoms with van der Waals surface area (Å²) in [7, 11) is 0. The Bertz CT molecular complexity index is 278. The minimum atomic E-state index is 0.235. The molecule has 1 amide bonds. The number of amides is 1. The Kier molecular flexibility index (Phi) is 4.66. The first-order valence-corrected chi connectivity index (χ1v) is 7.46. The minimum absolute atomic E-state index is 0.235. The van der Waals surface area contributed by atoms with Gasteiger partial charge in [-0.3, -0.25) is 4.79 Å². The van der Waals surface area contributed by atoms with Crippen LogP contribution in [0, 0.1) is 11.3 Å². The monoisotopic (exact) mass is 253 g/mol. The third-order valence-electron chi connectivity index (χ3n) is 4.71. The van der Waals surface area contributed by atoms with Crippen molar-refractivity contribution < 1.29 is 9.53 Å². The molecule has 1 aliphatic carbocycles. The van der Waals surface area contributed by atoms with Gasteiger partial charge in [-0.25, -0.2) is 0 Å². The van der Waals surface area contributed by atoms with Crippen LogP contribution in [-0.2, 0) is 9.53 Å². The first-order chi connectivity index (χ1) is 8.59. The summed E-state index contributed by atoms with van der Waals surface area (Å²) in [6, 6.07) is 0.257. The van der Waals surface area contributed by atoms with Gasteiger partial charge < -0.3 is 10.1 Å². The number of ether oxygens (including phenoxy) is 1.